The predicted octanol–water partition coefficient (Wildman–Crippen LogP) is 1.57. The molecule has 1 rings (SSSR count). The molecule has 0 aliphatic heterocycles. The van der Waals surface area contributed by atoms with Crippen LogP contribution in [0.2, 0.25) is 0 Å². The molecule has 0 saturated carbocycles. The summed E-state index contributed by atoms with van der Waals surface area (Å²) in [6.45, 7) is 10.2. The Balaban J connectivity index is 2.90. The van der Waals surface area contributed by atoms with Gasteiger partial charge in [0.05, 0.1) is 12.3 Å². The van der Waals surface area contributed by atoms with E-state index in [0.717, 1.165) is 18.7 Å². The second-order valence-corrected chi connectivity index (χ2v) is 4.68. The summed E-state index contributed by atoms with van der Waals surface area (Å²) in [5.74, 6) is 0. The first-order valence-corrected chi connectivity index (χ1v) is 5.85. The molecule has 1 heterocycles. The minimum absolute atomic E-state index is 0.271. The van der Waals surface area contributed by atoms with Crippen LogP contribution in [0.5, 0.6) is 0 Å². The Hall–Kier alpha value is -0.870. The Morgan fingerprint density at radius 3 is 2.38 bits per heavy atom. The van der Waals surface area contributed by atoms with E-state index in [1.807, 2.05) is 13.2 Å². The van der Waals surface area contributed by atoms with Crippen molar-refractivity contribution in [1.82, 2.24) is 14.7 Å². The zero-order chi connectivity index (χ0) is 12.3. The number of aryl methyl sites for hydroxylation is 1. The van der Waals surface area contributed by atoms with Gasteiger partial charge in [0.1, 0.15) is 0 Å². The standard InChI is InChI=1S/C12H23N3O/c1-6-15(7-2)12(3,4)11(16)10-8-13-14(5)9-10/h8-9,11,16H,6-7H2,1-5H3. The van der Waals surface area contributed by atoms with E-state index in [1.54, 1.807) is 10.9 Å². The van der Waals surface area contributed by atoms with Crippen LogP contribution >= 0.6 is 0 Å². The number of aromatic nitrogens is 2. The minimum Gasteiger partial charge on any atom is -0.386 e. The van der Waals surface area contributed by atoms with Gasteiger partial charge in [-0.1, -0.05) is 13.8 Å². The largest absolute Gasteiger partial charge is 0.386 e. The van der Waals surface area contributed by atoms with Gasteiger partial charge in [0.25, 0.3) is 0 Å². The molecule has 1 atom stereocenters. The highest BCUT2D eigenvalue weighted by molar-refractivity contribution is 5.13. The van der Waals surface area contributed by atoms with Crippen LogP contribution in [0.15, 0.2) is 12.4 Å². The van der Waals surface area contributed by atoms with Crippen LogP contribution in [0.25, 0.3) is 0 Å². The molecule has 0 aliphatic rings. The lowest BCUT2D eigenvalue weighted by Gasteiger charge is -2.40. The van der Waals surface area contributed by atoms with E-state index in [2.05, 4.69) is 37.7 Å². The molecular formula is C12H23N3O. The molecule has 0 spiro atoms. The van der Waals surface area contributed by atoms with E-state index in [1.165, 1.54) is 0 Å². The van der Waals surface area contributed by atoms with Crippen LogP contribution < -0.4 is 0 Å². The molecule has 0 radical (unpaired) electrons. The van der Waals surface area contributed by atoms with Gasteiger partial charge in [-0.05, 0) is 26.9 Å². The van der Waals surface area contributed by atoms with Crippen molar-refractivity contribution < 1.29 is 5.11 Å². The molecule has 0 amide bonds. The summed E-state index contributed by atoms with van der Waals surface area (Å²) >= 11 is 0. The molecule has 0 fully saturated rings. The topological polar surface area (TPSA) is 41.3 Å². The summed E-state index contributed by atoms with van der Waals surface area (Å²) in [7, 11) is 1.86. The molecule has 0 aromatic carbocycles. The third kappa shape index (κ3) is 2.44. The predicted molar refractivity (Wildman–Crippen MR) is 65.2 cm³/mol. The molecule has 0 aliphatic carbocycles. The number of nitrogens with zero attached hydrogens (tertiary/aromatic N) is 3. The fourth-order valence-electron chi connectivity index (χ4n) is 2.20. The Kier molecular flexibility index (Phi) is 4.10. The fourth-order valence-corrected chi connectivity index (χ4v) is 2.20. The van der Waals surface area contributed by atoms with Gasteiger partial charge in [0.2, 0.25) is 0 Å². The Morgan fingerprint density at radius 1 is 1.44 bits per heavy atom. The number of rotatable bonds is 5. The smallest absolute Gasteiger partial charge is 0.0998 e. The molecule has 4 heteroatoms. The first kappa shape index (κ1) is 13.2. The number of aliphatic hydroxyl groups is 1. The van der Waals surface area contributed by atoms with Crippen molar-refractivity contribution in [1.29, 1.82) is 0 Å². The lowest BCUT2D eigenvalue weighted by atomic mass is 9.91. The van der Waals surface area contributed by atoms with Gasteiger partial charge >= 0.3 is 0 Å². The maximum absolute atomic E-state index is 10.4. The maximum atomic E-state index is 10.4. The number of hydrogen-bond acceptors (Lipinski definition) is 3. The van der Waals surface area contributed by atoms with Crippen LogP contribution in [0.1, 0.15) is 39.4 Å². The number of aliphatic hydroxyl groups excluding tert-OH is 1. The van der Waals surface area contributed by atoms with Crippen molar-refractivity contribution in [2.75, 3.05) is 13.1 Å². The molecule has 16 heavy (non-hydrogen) atoms. The Bertz CT molecular complexity index is 329. The molecular weight excluding hydrogens is 202 g/mol. The van der Waals surface area contributed by atoms with E-state index in [0.29, 0.717) is 0 Å². The average molecular weight is 225 g/mol. The molecule has 1 aromatic heterocycles. The van der Waals surface area contributed by atoms with Gasteiger partial charge in [-0.25, -0.2) is 0 Å². The van der Waals surface area contributed by atoms with E-state index in [9.17, 15) is 5.11 Å². The van der Waals surface area contributed by atoms with Crippen molar-refractivity contribution in [2.24, 2.45) is 7.05 Å². The highest BCUT2D eigenvalue weighted by Crippen LogP contribution is 2.30. The van der Waals surface area contributed by atoms with Crippen molar-refractivity contribution in [3.05, 3.63) is 18.0 Å². The van der Waals surface area contributed by atoms with E-state index in [4.69, 9.17) is 0 Å². The summed E-state index contributed by atoms with van der Waals surface area (Å²) in [5, 5.41) is 14.5. The van der Waals surface area contributed by atoms with Crippen molar-refractivity contribution in [3.8, 4) is 0 Å². The molecule has 1 aromatic rings. The van der Waals surface area contributed by atoms with Gasteiger partial charge in [-0.2, -0.15) is 5.10 Å². The zero-order valence-electron chi connectivity index (χ0n) is 10.9. The normalized spacial score (nSPS) is 14.4. The van der Waals surface area contributed by atoms with E-state index < -0.39 is 6.10 Å². The van der Waals surface area contributed by atoms with Gasteiger partial charge in [-0.3, -0.25) is 9.58 Å². The molecule has 0 bridgehead atoms. The summed E-state index contributed by atoms with van der Waals surface area (Å²) in [6, 6.07) is 0. The SMILES string of the molecule is CCN(CC)C(C)(C)C(O)c1cnn(C)c1. The molecule has 4 nitrogen and oxygen atoms in total. The van der Waals surface area contributed by atoms with Crippen molar-refractivity contribution in [2.45, 2.75) is 39.3 Å². The average Bonchev–Trinajstić information content (AvgIpc) is 2.65. The first-order valence-electron chi connectivity index (χ1n) is 5.85. The number of hydrogen-bond donors (Lipinski definition) is 1. The quantitative estimate of drug-likeness (QED) is 0.827. The first-order chi connectivity index (χ1) is 7.43. The van der Waals surface area contributed by atoms with Crippen LogP contribution in [-0.4, -0.2) is 38.4 Å². The second-order valence-electron chi connectivity index (χ2n) is 4.68. The highest BCUT2D eigenvalue weighted by Gasteiger charge is 2.34. The molecule has 1 N–H and O–H groups in total. The Morgan fingerprint density at radius 2 is 2.00 bits per heavy atom. The third-order valence-electron chi connectivity index (χ3n) is 3.29. The summed E-state index contributed by atoms with van der Waals surface area (Å²) < 4.78 is 1.72. The number of likely N-dealkylation sites (N-methyl/N-ethyl adjacent to an activating group) is 1. The van der Waals surface area contributed by atoms with E-state index in [-0.39, 0.29) is 5.54 Å². The molecule has 1 unspecified atom stereocenters. The lowest BCUT2D eigenvalue weighted by molar-refractivity contribution is -0.00630. The summed E-state index contributed by atoms with van der Waals surface area (Å²) in [5.41, 5.74) is 0.603. The summed E-state index contributed by atoms with van der Waals surface area (Å²) in [4.78, 5) is 2.25. The van der Waals surface area contributed by atoms with Gasteiger partial charge < -0.3 is 5.11 Å². The van der Waals surface area contributed by atoms with Crippen LogP contribution in [-0.2, 0) is 7.05 Å². The second kappa shape index (κ2) is 4.97. The van der Waals surface area contributed by atoms with Crippen molar-refractivity contribution in [3.63, 3.8) is 0 Å². The lowest BCUT2D eigenvalue weighted by Crippen LogP contribution is -2.48. The monoisotopic (exact) mass is 225 g/mol. The van der Waals surface area contributed by atoms with Gasteiger partial charge in [0, 0.05) is 24.3 Å². The third-order valence-corrected chi connectivity index (χ3v) is 3.29. The zero-order valence-corrected chi connectivity index (χ0v) is 10.9. The fraction of sp³-hybridized carbons (Fsp3) is 0.750. The minimum atomic E-state index is -0.513. The molecule has 0 saturated heterocycles. The van der Waals surface area contributed by atoms with E-state index >= 15 is 0 Å². The summed E-state index contributed by atoms with van der Waals surface area (Å²) in [6.07, 6.45) is 3.09. The maximum Gasteiger partial charge on any atom is 0.0998 e. The van der Waals surface area contributed by atoms with Gasteiger partial charge in [0.15, 0.2) is 0 Å². The van der Waals surface area contributed by atoms with Crippen LogP contribution in [0.3, 0.4) is 0 Å². The van der Waals surface area contributed by atoms with Crippen molar-refractivity contribution >= 4 is 0 Å². The Labute approximate surface area is 97.9 Å². The van der Waals surface area contributed by atoms with Crippen LogP contribution in [0.4, 0.5) is 0 Å². The highest BCUT2D eigenvalue weighted by atomic mass is 16.3. The van der Waals surface area contributed by atoms with Gasteiger partial charge in [-0.15, -0.1) is 0 Å². The molecule has 92 valence electrons. The van der Waals surface area contributed by atoms with Crippen LogP contribution in [0, 0.1) is 0 Å².